The second kappa shape index (κ2) is 5.73. The van der Waals surface area contributed by atoms with Gasteiger partial charge in [0, 0.05) is 16.6 Å². The normalized spacial score (nSPS) is 28.3. The summed E-state index contributed by atoms with van der Waals surface area (Å²) < 4.78 is 7.77. The summed E-state index contributed by atoms with van der Waals surface area (Å²) in [5, 5.41) is 9.38. The van der Waals surface area contributed by atoms with Crippen LogP contribution in [-0.2, 0) is 10.3 Å². The SMILES string of the molecule is Cc1c2ccccc2nn1C12CCC(NC(=O)OC(C)(C)C)(CC1)CC2. The molecule has 5 nitrogen and oxygen atoms in total. The fourth-order valence-electron chi connectivity index (χ4n) is 4.82. The molecule has 3 aliphatic rings. The summed E-state index contributed by atoms with van der Waals surface area (Å²) in [6, 6.07) is 8.38. The molecule has 0 saturated heterocycles. The molecule has 3 saturated carbocycles. The minimum atomic E-state index is -0.458. The molecule has 1 aromatic heterocycles. The number of carbonyl (C=O) groups is 1. The molecule has 0 spiro atoms. The summed E-state index contributed by atoms with van der Waals surface area (Å²) in [6.45, 7) is 7.89. The highest BCUT2D eigenvalue weighted by atomic mass is 16.6. The van der Waals surface area contributed by atoms with E-state index in [0.717, 1.165) is 44.0 Å². The lowest BCUT2D eigenvalue weighted by Gasteiger charge is -2.53. The molecule has 2 aromatic rings. The zero-order valence-corrected chi connectivity index (χ0v) is 16.3. The number of nitrogens with zero attached hydrogens (tertiary/aromatic N) is 2. The monoisotopic (exact) mass is 355 g/mol. The van der Waals surface area contributed by atoms with Gasteiger partial charge in [-0.25, -0.2) is 4.79 Å². The third-order valence-corrected chi connectivity index (χ3v) is 6.24. The van der Waals surface area contributed by atoms with Crippen LogP contribution in [0.1, 0.15) is 65.0 Å². The largest absolute Gasteiger partial charge is 0.444 e. The molecule has 1 amide bonds. The summed E-state index contributed by atoms with van der Waals surface area (Å²) >= 11 is 0. The van der Waals surface area contributed by atoms with Crippen molar-refractivity contribution in [3.05, 3.63) is 30.0 Å². The van der Waals surface area contributed by atoms with E-state index in [9.17, 15) is 4.79 Å². The number of ether oxygens (including phenoxy) is 1. The lowest BCUT2D eigenvalue weighted by atomic mass is 9.61. The molecule has 140 valence electrons. The van der Waals surface area contributed by atoms with E-state index >= 15 is 0 Å². The highest BCUT2D eigenvalue weighted by Crippen LogP contribution is 2.51. The lowest BCUT2D eigenvalue weighted by Crippen LogP contribution is -2.60. The molecule has 1 aromatic carbocycles. The van der Waals surface area contributed by atoms with Gasteiger partial charge in [0.1, 0.15) is 5.60 Å². The van der Waals surface area contributed by atoms with Gasteiger partial charge in [0.05, 0.1) is 11.1 Å². The molecule has 0 aliphatic heterocycles. The van der Waals surface area contributed by atoms with Crippen LogP contribution in [0, 0.1) is 6.92 Å². The molecule has 3 fully saturated rings. The number of alkyl carbamates (subject to hydrolysis) is 1. The summed E-state index contributed by atoms with van der Waals surface area (Å²) in [5.74, 6) is 0. The first-order valence-corrected chi connectivity index (χ1v) is 9.68. The molecule has 5 heteroatoms. The number of fused-ring (bicyclic) bond motifs is 4. The van der Waals surface area contributed by atoms with Gasteiger partial charge in [0.2, 0.25) is 0 Å². The minimum Gasteiger partial charge on any atom is -0.444 e. The van der Waals surface area contributed by atoms with E-state index in [-0.39, 0.29) is 17.2 Å². The van der Waals surface area contributed by atoms with Crippen molar-refractivity contribution < 1.29 is 9.53 Å². The van der Waals surface area contributed by atoms with E-state index in [1.807, 2.05) is 26.8 Å². The number of benzene rings is 1. The van der Waals surface area contributed by atoms with Gasteiger partial charge in [-0.3, -0.25) is 4.68 Å². The maximum Gasteiger partial charge on any atom is 0.408 e. The second-order valence-electron chi connectivity index (χ2n) is 9.15. The summed E-state index contributed by atoms with van der Waals surface area (Å²) in [5.41, 5.74) is 1.87. The Morgan fingerprint density at radius 1 is 1.12 bits per heavy atom. The van der Waals surface area contributed by atoms with Crippen molar-refractivity contribution in [1.29, 1.82) is 0 Å². The first kappa shape index (κ1) is 17.4. The maximum atomic E-state index is 12.3. The predicted molar refractivity (Wildman–Crippen MR) is 102 cm³/mol. The van der Waals surface area contributed by atoms with Gasteiger partial charge in [-0.1, -0.05) is 18.2 Å². The smallest absolute Gasteiger partial charge is 0.408 e. The van der Waals surface area contributed by atoms with Gasteiger partial charge in [-0.2, -0.15) is 5.10 Å². The number of hydrogen-bond donors (Lipinski definition) is 1. The van der Waals surface area contributed by atoms with Crippen LogP contribution in [-0.4, -0.2) is 27.0 Å². The number of nitrogens with one attached hydrogen (secondary N) is 1. The van der Waals surface area contributed by atoms with Gasteiger partial charge < -0.3 is 10.1 Å². The molecular formula is C21H29N3O2. The molecule has 0 atom stereocenters. The molecule has 3 aliphatic carbocycles. The third-order valence-electron chi connectivity index (χ3n) is 6.24. The highest BCUT2D eigenvalue weighted by molar-refractivity contribution is 5.81. The molecule has 2 bridgehead atoms. The quantitative estimate of drug-likeness (QED) is 0.851. The van der Waals surface area contributed by atoms with Crippen LogP contribution < -0.4 is 5.32 Å². The number of aromatic nitrogens is 2. The molecule has 26 heavy (non-hydrogen) atoms. The van der Waals surface area contributed by atoms with Crippen LogP contribution in [0.3, 0.4) is 0 Å². The van der Waals surface area contributed by atoms with Crippen molar-refractivity contribution in [2.45, 2.75) is 82.9 Å². The second-order valence-corrected chi connectivity index (χ2v) is 9.15. The fourth-order valence-corrected chi connectivity index (χ4v) is 4.82. The number of amides is 1. The fraction of sp³-hybridized carbons (Fsp3) is 0.619. The average Bonchev–Trinajstić information content (AvgIpc) is 2.92. The molecule has 0 unspecified atom stereocenters. The van der Waals surface area contributed by atoms with E-state index < -0.39 is 5.60 Å². The predicted octanol–water partition coefficient (Wildman–Crippen LogP) is 4.67. The van der Waals surface area contributed by atoms with Crippen molar-refractivity contribution in [2.75, 3.05) is 0 Å². The lowest BCUT2D eigenvalue weighted by molar-refractivity contribution is 0.00457. The standard InChI is InChI=1S/C21H29N3O2/c1-15-16-7-5-6-8-17(16)23-24(15)21-12-9-20(10-13-21,11-14-21)22-18(25)26-19(2,3)4/h5-8H,9-14H2,1-4H3,(H,22,25). The molecule has 1 N–H and O–H groups in total. The number of carbonyl (C=O) groups excluding carboxylic acids is 1. The van der Waals surface area contributed by atoms with Crippen molar-refractivity contribution >= 4 is 17.0 Å². The Labute approximate surface area is 155 Å². The zero-order valence-electron chi connectivity index (χ0n) is 16.3. The Morgan fingerprint density at radius 3 is 2.31 bits per heavy atom. The van der Waals surface area contributed by atoms with Crippen LogP contribution in [0.5, 0.6) is 0 Å². The van der Waals surface area contributed by atoms with Crippen molar-refractivity contribution in [2.24, 2.45) is 0 Å². The Kier molecular flexibility index (Phi) is 3.83. The van der Waals surface area contributed by atoms with Crippen LogP contribution in [0.15, 0.2) is 24.3 Å². The molecule has 5 rings (SSSR count). The number of hydrogen-bond acceptors (Lipinski definition) is 3. The Hall–Kier alpha value is -2.04. The molecule has 0 radical (unpaired) electrons. The van der Waals surface area contributed by atoms with Crippen LogP contribution in [0.2, 0.25) is 0 Å². The third kappa shape index (κ3) is 2.87. The van der Waals surface area contributed by atoms with E-state index in [0.29, 0.717) is 0 Å². The van der Waals surface area contributed by atoms with E-state index in [1.54, 1.807) is 0 Å². The first-order valence-electron chi connectivity index (χ1n) is 9.68. The van der Waals surface area contributed by atoms with Crippen molar-refractivity contribution in [1.82, 2.24) is 15.1 Å². The van der Waals surface area contributed by atoms with Gasteiger partial charge >= 0.3 is 6.09 Å². The molecule has 1 heterocycles. The first-order chi connectivity index (χ1) is 12.2. The highest BCUT2D eigenvalue weighted by Gasteiger charge is 2.51. The van der Waals surface area contributed by atoms with E-state index in [4.69, 9.17) is 9.84 Å². The zero-order chi connectivity index (χ0) is 18.6. The Balaban J connectivity index is 1.53. The van der Waals surface area contributed by atoms with Gasteiger partial charge in [-0.05, 0) is 72.3 Å². The van der Waals surface area contributed by atoms with Gasteiger partial charge in [0.25, 0.3) is 0 Å². The number of aryl methyl sites for hydroxylation is 1. The number of rotatable bonds is 2. The van der Waals surface area contributed by atoms with Gasteiger partial charge in [-0.15, -0.1) is 0 Å². The Morgan fingerprint density at radius 2 is 1.73 bits per heavy atom. The Bertz CT molecular complexity index is 822. The van der Waals surface area contributed by atoms with Gasteiger partial charge in [0.15, 0.2) is 0 Å². The van der Waals surface area contributed by atoms with Crippen LogP contribution in [0.25, 0.3) is 10.9 Å². The van der Waals surface area contributed by atoms with Crippen LogP contribution >= 0.6 is 0 Å². The summed E-state index contributed by atoms with van der Waals surface area (Å²) in [6.07, 6.45) is 5.84. The van der Waals surface area contributed by atoms with E-state index in [1.165, 1.54) is 11.1 Å². The maximum absolute atomic E-state index is 12.3. The van der Waals surface area contributed by atoms with Crippen molar-refractivity contribution in [3.8, 4) is 0 Å². The van der Waals surface area contributed by atoms with Crippen LogP contribution in [0.4, 0.5) is 4.79 Å². The topological polar surface area (TPSA) is 56.2 Å². The summed E-state index contributed by atoms with van der Waals surface area (Å²) in [4.78, 5) is 12.3. The van der Waals surface area contributed by atoms with Crippen molar-refractivity contribution in [3.63, 3.8) is 0 Å². The minimum absolute atomic E-state index is 0.0977. The summed E-state index contributed by atoms with van der Waals surface area (Å²) in [7, 11) is 0. The molecular weight excluding hydrogens is 326 g/mol. The average molecular weight is 355 g/mol. The van der Waals surface area contributed by atoms with E-state index in [2.05, 4.69) is 35.1 Å².